The molecule has 0 saturated carbocycles. The lowest BCUT2D eigenvalue weighted by molar-refractivity contribution is -0.123. The van der Waals surface area contributed by atoms with Gasteiger partial charge in [-0.1, -0.05) is 11.6 Å². The molecular formula is C24H24ClFN4O. The van der Waals surface area contributed by atoms with Gasteiger partial charge in [-0.2, -0.15) is 0 Å². The van der Waals surface area contributed by atoms with Gasteiger partial charge in [0.1, 0.15) is 18.0 Å². The predicted molar refractivity (Wildman–Crippen MR) is 121 cm³/mol. The molecule has 0 bridgehead atoms. The smallest absolute Gasteiger partial charge is 0.230 e. The van der Waals surface area contributed by atoms with E-state index in [2.05, 4.69) is 14.9 Å². The van der Waals surface area contributed by atoms with Crippen LogP contribution in [0.2, 0.25) is 5.02 Å². The Balaban J connectivity index is 1.33. The summed E-state index contributed by atoms with van der Waals surface area (Å²) in [7, 11) is 0. The van der Waals surface area contributed by atoms with E-state index in [1.807, 2.05) is 23.1 Å². The maximum absolute atomic E-state index is 13.8. The highest BCUT2D eigenvalue weighted by Gasteiger charge is 2.31. The number of aromatic nitrogens is 2. The second-order valence-corrected chi connectivity index (χ2v) is 8.78. The Morgan fingerprint density at radius 2 is 1.87 bits per heavy atom. The fourth-order valence-corrected chi connectivity index (χ4v) is 4.97. The van der Waals surface area contributed by atoms with Gasteiger partial charge in [0.2, 0.25) is 5.91 Å². The molecule has 2 aromatic carbocycles. The van der Waals surface area contributed by atoms with Gasteiger partial charge in [-0.3, -0.25) is 4.79 Å². The summed E-state index contributed by atoms with van der Waals surface area (Å²) in [5.74, 6) is 0.616. The topological polar surface area (TPSA) is 49.3 Å². The van der Waals surface area contributed by atoms with E-state index in [1.165, 1.54) is 18.5 Å². The van der Waals surface area contributed by atoms with E-state index < -0.39 is 0 Å². The van der Waals surface area contributed by atoms with Crippen LogP contribution >= 0.6 is 11.6 Å². The number of halogens is 2. The Hall–Kier alpha value is -2.73. The lowest BCUT2D eigenvalue weighted by Crippen LogP contribution is -2.43. The maximum atomic E-state index is 13.8. The number of rotatable bonds is 2. The van der Waals surface area contributed by atoms with Crippen LogP contribution in [0.5, 0.6) is 0 Å². The van der Waals surface area contributed by atoms with Gasteiger partial charge in [-0.05, 0) is 74.1 Å². The van der Waals surface area contributed by atoms with Gasteiger partial charge in [0, 0.05) is 41.6 Å². The van der Waals surface area contributed by atoms with Crippen molar-refractivity contribution in [2.45, 2.75) is 32.1 Å². The number of piperidine rings is 1. The minimum atomic E-state index is -0.298. The van der Waals surface area contributed by atoms with E-state index in [-0.39, 0.29) is 17.6 Å². The van der Waals surface area contributed by atoms with E-state index in [9.17, 15) is 9.18 Å². The number of amides is 1. The summed E-state index contributed by atoms with van der Waals surface area (Å²) in [5, 5.41) is 1.43. The second-order valence-electron chi connectivity index (χ2n) is 8.34. The maximum Gasteiger partial charge on any atom is 0.230 e. The van der Waals surface area contributed by atoms with E-state index in [0.717, 1.165) is 66.3 Å². The molecule has 2 aliphatic heterocycles. The minimum absolute atomic E-state index is 0.0253. The molecule has 0 N–H and O–H groups in total. The fourth-order valence-electron chi connectivity index (χ4n) is 4.78. The molecule has 2 aliphatic rings. The average molecular weight is 439 g/mol. The normalized spacial score (nSPS) is 17.5. The Bertz CT molecular complexity index is 1130. The number of hydrogen-bond acceptors (Lipinski definition) is 4. The molecule has 0 spiro atoms. The van der Waals surface area contributed by atoms with Crippen LogP contribution in [0.1, 0.15) is 31.2 Å². The largest absolute Gasteiger partial charge is 0.356 e. The molecular weight excluding hydrogens is 415 g/mol. The molecule has 3 aromatic rings. The Morgan fingerprint density at radius 1 is 1.03 bits per heavy atom. The molecule has 0 aliphatic carbocycles. The number of carbonyl (C=O) groups excluding carboxylic acids is 1. The number of anilines is 2. The molecule has 1 fully saturated rings. The van der Waals surface area contributed by atoms with E-state index >= 15 is 0 Å². The quantitative estimate of drug-likeness (QED) is 0.564. The predicted octanol–water partition coefficient (Wildman–Crippen LogP) is 5.01. The van der Waals surface area contributed by atoms with Crippen molar-refractivity contribution in [3.05, 3.63) is 59.1 Å². The van der Waals surface area contributed by atoms with Crippen LogP contribution in [0.25, 0.3) is 10.9 Å². The average Bonchev–Trinajstić information content (AvgIpc) is 3.00. The van der Waals surface area contributed by atoms with Crippen molar-refractivity contribution in [1.82, 2.24) is 9.97 Å². The Morgan fingerprint density at radius 3 is 2.71 bits per heavy atom. The Kier molecular flexibility index (Phi) is 5.48. The van der Waals surface area contributed by atoms with E-state index in [0.29, 0.717) is 18.5 Å². The number of hydrogen-bond donors (Lipinski definition) is 0. The first kappa shape index (κ1) is 20.2. The molecule has 160 valence electrons. The lowest BCUT2D eigenvalue weighted by atomic mass is 9.94. The highest BCUT2D eigenvalue weighted by atomic mass is 35.5. The molecule has 0 radical (unpaired) electrons. The van der Waals surface area contributed by atoms with Crippen LogP contribution in [-0.2, 0) is 11.2 Å². The van der Waals surface area contributed by atoms with Crippen LogP contribution in [0, 0.1) is 11.7 Å². The standard InChI is InChI=1S/C24H24ClFN4O/c25-18-4-7-22-17(13-18)3-1-2-10-30(22)24(31)16-8-11-29(12-9-16)23-20-14-19(26)5-6-21(20)27-15-28-23/h4-7,13-16H,1-3,8-12H2. The van der Waals surface area contributed by atoms with E-state index in [1.54, 1.807) is 6.07 Å². The summed E-state index contributed by atoms with van der Waals surface area (Å²) in [5.41, 5.74) is 2.89. The molecule has 31 heavy (non-hydrogen) atoms. The number of carbonyl (C=O) groups is 1. The molecule has 0 atom stereocenters. The van der Waals surface area contributed by atoms with Crippen molar-refractivity contribution in [2.75, 3.05) is 29.4 Å². The zero-order chi connectivity index (χ0) is 21.4. The summed E-state index contributed by atoms with van der Waals surface area (Å²) in [6.07, 6.45) is 6.03. The number of aryl methyl sites for hydroxylation is 1. The summed E-state index contributed by atoms with van der Waals surface area (Å²) in [6.45, 7) is 2.17. The second kappa shape index (κ2) is 8.42. The SMILES string of the molecule is O=C(C1CCN(c2ncnc3ccc(F)cc23)CC1)N1CCCCc2cc(Cl)ccc21. The van der Waals surface area contributed by atoms with Crippen LogP contribution in [-0.4, -0.2) is 35.5 Å². The highest BCUT2D eigenvalue weighted by Crippen LogP contribution is 2.33. The zero-order valence-corrected chi connectivity index (χ0v) is 18.0. The monoisotopic (exact) mass is 438 g/mol. The van der Waals surface area contributed by atoms with Crippen molar-refractivity contribution in [3.8, 4) is 0 Å². The lowest BCUT2D eigenvalue weighted by Gasteiger charge is -2.35. The summed E-state index contributed by atoms with van der Waals surface area (Å²) in [4.78, 5) is 26.2. The van der Waals surface area contributed by atoms with Crippen molar-refractivity contribution < 1.29 is 9.18 Å². The fraction of sp³-hybridized carbons (Fsp3) is 0.375. The first-order valence-electron chi connectivity index (χ1n) is 10.8. The zero-order valence-electron chi connectivity index (χ0n) is 17.2. The third-order valence-electron chi connectivity index (χ3n) is 6.40. The van der Waals surface area contributed by atoms with Crippen molar-refractivity contribution in [2.24, 2.45) is 5.92 Å². The molecule has 1 saturated heterocycles. The van der Waals surface area contributed by atoms with Crippen molar-refractivity contribution >= 4 is 39.9 Å². The van der Waals surface area contributed by atoms with Crippen LogP contribution in [0.4, 0.5) is 15.9 Å². The van der Waals surface area contributed by atoms with Gasteiger partial charge in [-0.25, -0.2) is 14.4 Å². The number of benzene rings is 2. The first-order valence-corrected chi connectivity index (χ1v) is 11.2. The molecule has 7 heteroatoms. The van der Waals surface area contributed by atoms with Gasteiger partial charge in [-0.15, -0.1) is 0 Å². The molecule has 3 heterocycles. The summed E-state index contributed by atoms with van der Waals surface area (Å²) < 4.78 is 13.8. The number of fused-ring (bicyclic) bond motifs is 2. The van der Waals surface area contributed by atoms with Crippen molar-refractivity contribution in [1.29, 1.82) is 0 Å². The van der Waals surface area contributed by atoms with Gasteiger partial charge >= 0.3 is 0 Å². The van der Waals surface area contributed by atoms with Gasteiger partial charge < -0.3 is 9.80 Å². The van der Waals surface area contributed by atoms with Crippen LogP contribution in [0.3, 0.4) is 0 Å². The first-order chi connectivity index (χ1) is 15.1. The summed E-state index contributed by atoms with van der Waals surface area (Å²) in [6, 6.07) is 10.4. The molecule has 1 amide bonds. The van der Waals surface area contributed by atoms with Crippen LogP contribution < -0.4 is 9.80 Å². The minimum Gasteiger partial charge on any atom is -0.356 e. The molecule has 5 nitrogen and oxygen atoms in total. The third kappa shape index (κ3) is 3.97. The molecule has 1 aromatic heterocycles. The summed E-state index contributed by atoms with van der Waals surface area (Å²) >= 11 is 6.19. The van der Waals surface area contributed by atoms with Crippen molar-refractivity contribution in [3.63, 3.8) is 0 Å². The van der Waals surface area contributed by atoms with Crippen LogP contribution in [0.15, 0.2) is 42.7 Å². The highest BCUT2D eigenvalue weighted by molar-refractivity contribution is 6.30. The van der Waals surface area contributed by atoms with Gasteiger partial charge in [0.05, 0.1) is 5.52 Å². The molecule has 0 unspecified atom stereocenters. The van der Waals surface area contributed by atoms with Gasteiger partial charge in [0.25, 0.3) is 0 Å². The van der Waals surface area contributed by atoms with E-state index in [4.69, 9.17) is 11.6 Å². The Labute approximate surface area is 185 Å². The van der Waals surface area contributed by atoms with Gasteiger partial charge in [0.15, 0.2) is 0 Å². The number of nitrogens with zero attached hydrogens (tertiary/aromatic N) is 4. The third-order valence-corrected chi connectivity index (χ3v) is 6.63. The molecule has 5 rings (SSSR count).